The summed E-state index contributed by atoms with van der Waals surface area (Å²) < 4.78 is 16.4. The Balaban J connectivity index is 2.22. The van der Waals surface area contributed by atoms with E-state index in [4.69, 9.17) is 14.2 Å². The number of hydrogen-bond acceptors (Lipinski definition) is 4. The molecule has 0 aliphatic carbocycles. The maximum Gasteiger partial charge on any atom is 0.210 e. The Kier molecular flexibility index (Phi) is 6.10. The fourth-order valence-electron chi connectivity index (χ4n) is 3.84. The molecule has 1 aromatic rings. The summed E-state index contributed by atoms with van der Waals surface area (Å²) in [5, 5.41) is 0. The van der Waals surface area contributed by atoms with Crippen molar-refractivity contribution in [1.29, 1.82) is 0 Å². The van der Waals surface area contributed by atoms with Crippen molar-refractivity contribution in [1.82, 2.24) is 4.90 Å². The average Bonchev–Trinajstić information content (AvgIpc) is 2.55. The molecule has 1 amide bonds. The molecule has 5 heteroatoms. The first-order valence-corrected chi connectivity index (χ1v) is 8.49. The molecule has 0 N–H and O–H groups in total. The van der Waals surface area contributed by atoms with Crippen LogP contribution in [0.3, 0.4) is 0 Å². The van der Waals surface area contributed by atoms with Gasteiger partial charge in [0.05, 0.1) is 13.7 Å². The van der Waals surface area contributed by atoms with Crippen molar-refractivity contribution < 1.29 is 19.0 Å². The molecule has 1 aliphatic heterocycles. The van der Waals surface area contributed by atoms with Gasteiger partial charge in [-0.2, -0.15) is 0 Å². The highest BCUT2D eigenvalue weighted by molar-refractivity contribution is 5.55. The number of carbonyl (C=O) groups is 1. The Labute approximate surface area is 144 Å². The van der Waals surface area contributed by atoms with Crippen molar-refractivity contribution in [2.45, 2.75) is 38.6 Å². The van der Waals surface area contributed by atoms with Gasteiger partial charge in [-0.05, 0) is 23.6 Å². The van der Waals surface area contributed by atoms with Crippen LogP contribution in [-0.2, 0) is 14.9 Å². The number of amides is 1. The molecule has 0 aromatic heterocycles. The van der Waals surface area contributed by atoms with E-state index in [2.05, 4.69) is 32.9 Å². The van der Waals surface area contributed by atoms with Crippen LogP contribution in [0.2, 0.25) is 0 Å². The van der Waals surface area contributed by atoms with E-state index in [0.29, 0.717) is 19.1 Å². The summed E-state index contributed by atoms with van der Waals surface area (Å²) in [6.45, 7) is 8.51. The zero-order chi connectivity index (χ0) is 17.7. The molecule has 0 saturated carbocycles. The molecular weight excluding hydrogens is 306 g/mol. The predicted molar refractivity (Wildman–Crippen MR) is 93.7 cm³/mol. The van der Waals surface area contributed by atoms with Crippen LogP contribution in [0.25, 0.3) is 0 Å². The zero-order valence-corrected chi connectivity index (χ0v) is 15.4. The molecule has 1 heterocycles. The third-order valence-corrected chi connectivity index (χ3v) is 4.86. The maximum atomic E-state index is 11.3. The smallest absolute Gasteiger partial charge is 0.210 e. The van der Waals surface area contributed by atoms with Gasteiger partial charge in [0.1, 0.15) is 0 Å². The first-order chi connectivity index (χ1) is 11.5. The van der Waals surface area contributed by atoms with Crippen molar-refractivity contribution in [3.05, 3.63) is 23.8 Å². The third-order valence-electron chi connectivity index (χ3n) is 4.86. The molecule has 2 unspecified atom stereocenters. The second-order valence-corrected chi connectivity index (χ2v) is 6.94. The molecule has 1 saturated heterocycles. The fourth-order valence-corrected chi connectivity index (χ4v) is 3.84. The molecule has 0 bridgehead atoms. The molecular formula is C19H29NO4. The van der Waals surface area contributed by atoms with Gasteiger partial charge in [0.15, 0.2) is 11.5 Å². The summed E-state index contributed by atoms with van der Waals surface area (Å²) in [5.74, 6) is 1.87. The van der Waals surface area contributed by atoms with E-state index >= 15 is 0 Å². The highest BCUT2D eigenvalue weighted by Crippen LogP contribution is 2.45. The van der Waals surface area contributed by atoms with Crippen LogP contribution in [0.15, 0.2) is 18.2 Å². The van der Waals surface area contributed by atoms with Crippen molar-refractivity contribution in [2.24, 2.45) is 5.92 Å². The second kappa shape index (κ2) is 7.88. The lowest BCUT2D eigenvalue weighted by Crippen LogP contribution is -2.67. The van der Waals surface area contributed by atoms with Crippen LogP contribution in [0.4, 0.5) is 0 Å². The van der Waals surface area contributed by atoms with Crippen molar-refractivity contribution in [3.8, 4) is 11.5 Å². The van der Waals surface area contributed by atoms with Gasteiger partial charge in [0.2, 0.25) is 6.41 Å². The quantitative estimate of drug-likeness (QED) is 0.514. The van der Waals surface area contributed by atoms with Crippen LogP contribution >= 0.6 is 0 Å². The number of likely N-dealkylation sites (tertiary alicyclic amines) is 1. The second-order valence-electron chi connectivity index (χ2n) is 6.94. The van der Waals surface area contributed by atoms with Gasteiger partial charge < -0.3 is 19.1 Å². The largest absolute Gasteiger partial charge is 0.493 e. The maximum absolute atomic E-state index is 11.3. The summed E-state index contributed by atoms with van der Waals surface area (Å²) >= 11 is 0. The highest BCUT2D eigenvalue weighted by atomic mass is 16.5. The van der Waals surface area contributed by atoms with E-state index in [1.807, 2.05) is 11.0 Å². The average molecular weight is 335 g/mol. The first kappa shape index (κ1) is 18.6. The lowest BCUT2D eigenvalue weighted by molar-refractivity contribution is -0.134. The fraction of sp³-hybridized carbons (Fsp3) is 0.632. The van der Waals surface area contributed by atoms with Gasteiger partial charge in [-0.25, -0.2) is 0 Å². The number of methoxy groups -OCH3 is 2. The minimum Gasteiger partial charge on any atom is -0.493 e. The molecule has 5 nitrogen and oxygen atoms in total. The predicted octanol–water partition coefficient (Wildman–Crippen LogP) is 2.86. The molecule has 0 spiro atoms. The Bertz CT molecular complexity index is 560. The molecule has 1 fully saturated rings. The van der Waals surface area contributed by atoms with E-state index in [-0.39, 0.29) is 11.5 Å². The molecule has 134 valence electrons. The Hall–Kier alpha value is -1.75. The lowest BCUT2D eigenvalue weighted by Gasteiger charge is -2.56. The minimum atomic E-state index is -0.0635. The Morgan fingerprint density at radius 2 is 2.04 bits per heavy atom. The number of nitrogens with zero attached hydrogens (tertiary/aromatic N) is 1. The SMILES string of the molecule is COCCCOc1cc(C2(C)CN(C=O)C2C(C)C)ccc1OC. The third kappa shape index (κ3) is 3.51. The van der Waals surface area contributed by atoms with Gasteiger partial charge in [0, 0.05) is 38.1 Å². The summed E-state index contributed by atoms with van der Waals surface area (Å²) in [4.78, 5) is 13.1. The number of hydrogen-bond donors (Lipinski definition) is 0. The summed E-state index contributed by atoms with van der Waals surface area (Å²) in [6, 6.07) is 6.29. The van der Waals surface area contributed by atoms with Crippen LogP contribution in [-0.4, -0.2) is 51.3 Å². The van der Waals surface area contributed by atoms with Gasteiger partial charge in [-0.3, -0.25) is 4.79 Å². The summed E-state index contributed by atoms with van der Waals surface area (Å²) in [5.41, 5.74) is 1.12. The molecule has 1 aliphatic rings. The van der Waals surface area contributed by atoms with E-state index < -0.39 is 0 Å². The molecule has 24 heavy (non-hydrogen) atoms. The van der Waals surface area contributed by atoms with E-state index in [0.717, 1.165) is 30.9 Å². The molecule has 2 atom stereocenters. The van der Waals surface area contributed by atoms with Crippen LogP contribution in [0.5, 0.6) is 11.5 Å². The van der Waals surface area contributed by atoms with Crippen LogP contribution in [0, 0.1) is 5.92 Å². The first-order valence-electron chi connectivity index (χ1n) is 8.49. The summed E-state index contributed by atoms with van der Waals surface area (Å²) in [7, 11) is 3.33. The molecule has 0 radical (unpaired) electrons. The summed E-state index contributed by atoms with van der Waals surface area (Å²) in [6.07, 6.45) is 1.78. The topological polar surface area (TPSA) is 48.0 Å². The van der Waals surface area contributed by atoms with Crippen LogP contribution in [0.1, 0.15) is 32.8 Å². The highest BCUT2D eigenvalue weighted by Gasteiger charge is 2.51. The molecule has 2 rings (SSSR count). The van der Waals surface area contributed by atoms with E-state index in [1.165, 1.54) is 5.56 Å². The van der Waals surface area contributed by atoms with Gasteiger partial charge >= 0.3 is 0 Å². The van der Waals surface area contributed by atoms with Gasteiger partial charge in [-0.15, -0.1) is 0 Å². The van der Waals surface area contributed by atoms with E-state index in [1.54, 1.807) is 14.2 Å². The van der Waals surface area contributed by atoms with Crippen LogP contribution < -0.4 is 9.47 Å². The number of rotatable bonds is 9. The van der Waals surface area contributed by atoms with E-state index in [9.17, 15) is 4.79 Å². The number of benzene rings is 1. The van der Waals surface area contributed by atoms with Crippen molar-refractivity contribution in [2.75, 3.05) is 34.0 Å². The minimum absolute atomic E-state index is 0.0635. The standard InChI is InChI=1S/C19H29NO4/c1-14(2)18-19(3,12-20(18)13-21)15-7-8-16(23-5)17(11-15)24-10-6-9-22-4/h7-8,11,13-14,18H,6,9-10,12H2,1-5H3. The molecule has 1 aromatic carbocycles. The Morgan fingerprint density at radius 3 is 2.62 bits per heavy atom. The monoisotopic (exact) mass is 335 g/mol. The van der Waals surface area contributed by atoms with Crippen molar-refractivity contribution in [3.63, 3.8) is 0 Å². The normalized spacial score (nSPS) is 23.1. The number of ether oxygens (including phenoxy) is 3. The Morgan fingerprint density at radius 1 is 1.29 bits per heavy atom. The lowest BCUT2D eigenvalue weighted by atomic mass is 9.64. The van der Waals surface area contributed by atoms with Gasteiger partial charge in [0.25, 0.3) is 0 Å². The van der Waals surface area contributed by atoms with Crippen molar-refractivity contribution >= 4 is 6.41 Å². The number of carbonyl (C=O) groups excluding carboxylic acids is 1. The van der Waals surface area contributed by atoms with Gasteiger partial charge in [-0.1, -0.05) is 26.8 Å². The zero-order valence-electron chi connectivity index (χ0n) is 15.4.